The Bertz CT molecular complexity index is 490. The molecule has 0 saturated carbocycles. The molecule has 116 valence electrons. The number of nitrogens with zero attached hydrogens (tertiary/aromatic N) is 1. The van der Waals surface area contributed by atoms with Gasteiger partial charge in [-0.3, -0.25) is 14.5 Å². The van der Waals surface area contributed by atoms with Gasteiger partial charge in [0.2, 0.25) is 5.91 Å². The number of aliphatic carboxylic acids is 1. The molecule has 1 heterocycles. The summed E-state index contributed by atoms with van der Waals surface area (Å²) in [4.78, 5) is 24.3. The molecule has 2 N–H and O–H groups in total. The summed E-state index contributed by atoms with van der Waals surface area (Å²) in [6, 6.07) is 8.62. The van der Waals surface area contributed by atoms with Gasteiger partial charge in [-0.1, -0.05) is 29.8 Å². The minimum absolute atomic E-state index is 0. The van der Waals surface area contributed by atoms with Crippen molar-refractivity contribution in [3.05, 3.63) is 35.4 Å². The summed E-state index contributed by atoms with van der Waals surface area (Å²) in [7, 11) is 0. The zero-order valence-electron chi connectivity index (χ0n) is 12.0. The van der Waals surface area contributed by atoms with Gasteiger partial charge in [0.25, 0.3) is 0 Å². The van der Waals surface area contributed by atoms with Crippen LogP contribution in [0.15, 0.2) is 24.3 Å². The molecule has 2 rings (SSSR count). The summed E-state index contributed by atoms with van der Waals surface area (Å²) in [5.41, 5.74) is 2.44. The molecule has 1 amide bonds. The third-order valence-corrected chi connectivity index (χ3v) is 3.61. The maximum absolute atomic E-state index is 11.7. The Hall–Kier alpha value is -1.59. The molecule has 0 spiro atoms. The van der Waals surface area contributed by atoms with E-state index in [0.717, 1.165) is 19.4 Å². The molecule has 21 heavy (non-hydrogen) atoms. The Morgan fingerprint density at radius 2 is 2.00 bits per heavy atom. The Balaban J connectivity index is 0.00000220. The van der Waals surface area contributed by atoms with Crippen molar-refractivity contribution in [2.24, 2.45) is 0 Å². The van der Waals surface area contributed by atoms with Gasteiger partial charge in [-0.15, -0.1) is 12.4 Å². The standard InChI is InChI=1S/C15H20N2O3.ClH/c1-11-4-6-12(7-5-11)13-3-2-8-17(13)10-14(18)16-9-15(19)20;/h4-7,13H,2-3,8-10H2,1H3,(H,16,18)(H,19,20);1H. The molecule has 6 heteroatoms. The predicted octanol–water partition coefficient (Wildman–Crippen LogP) is 1.75. The van der Waals surface area contributed by atoms with Crippen LogP contribution in [-0.2, 0) is 9.59 Å². The molecule has 1 aromatic carbocycles. The highest BCUT2D eigenvalue weighted by molar-refractivity contribution is 5.85. The number of halogens is 1. The first kappa shape index (κ1) is 17.5. The fourth-order valence-electron chi connectivity index (χ4n) is 2.60. The monoisotopic (exact) mass is 312 g/mol. The maximum Gasteiger partial charge on any atom is 0.322 e. The van der Waals surface area contributed by atoms with E-state index >= 15 is 0 Å². The highest BCUT2D eigenvalue weighted by Gasteiger charge is 2.27. The maximum atomic E-state index is 11.7. The molecule has 0 aromatic heterocycles. The number of carboxylic acid groups (broad SMARTS) is 1. The number of carboxylic acids is 1. The number of hydrogen-bond acceptors (Lipinski definition) is 3. The van der Waals surface area contributed by atoms with Gasteiger partial charge in [0.05, 0.1) is 6.54 Å². The highest BCUT2D eigenvalue weighted by atomic mass is 35.5. The lowest BCUT2D eigenvalue weighted by atomic mass is 10.0. The molecule has 1 aromatic rings. The molecular weight excluding hydrogens is 292 g/mol. The van der Waals surface area contributed by atoms with Crippen LogP contribution in [0.3, 0.4) is 0 Å². The third-order valence-electron chi connectivity index (χ3n) is 3.61. The van der Waals surface area contributed by atoms with E-state index < -0.39 is 5.97 Å². The number of likely N-dealkylation sites (tertiary alicyclic amines) is 1. The third kappa shape index (κ3) is 5.02. The van der Waals surface area contributed by atoms with E-state index in [1.807, 2.05) is 0 Å². The summed E-state index contributed by atoms with van der Waals surface area (Å²) in [6.45, 7) is 2.86. The second-order valence-corrected chi connectivity index (χ2v) is 5.21. The van der Waals surface area contributed by atoms with Crippen molar-refractivity contribution >= 4 is 24.3 Å². The van der Waals surface area contributed by atoms with Crippen molar-refractivity contribution in [3.63, 3.8) is 0 Å². The molecule has 1 atom stereocenters. The van der Waals surface area contributed by atoms with Crippen LogP contribution in [0.2, 0.25) is 0 Å². The molecule has 0 aliphatic carbocycles. The smallest absolute Gasteiger partial charge is 0.322 e. The van der Waals surface area contributed by atoms with Gasteiger partial charge in [0.15, 0.2) is 0 Å². The molecule has 0 radical (unpaired) electrons. The van der Waals surface area contributed by atoms with Crippen molar-refractivity contribution < 1.29 is 14.7 Å². The van der Waals surface area contributed by atoms with Crippen LogP contribution in [0.25, 0.3) is 0 Å². The van der Waals surface area contributed by atoms with Crippen LogP contribution in [0.5, 0.6) is 0 Å². The van der Waals surface area contributed by atoms with Gasteiger partial charge in [-0.05, 0) is 31.9 Å². The molecule has 0 bridgehead atoms. The van der Waals surface area contributed by atoms with Gasteiger partial charge < -0.3 is 10.4 Å². The number of aryl methyl sites for hydroxylation is 1. The average Bonchev–Trinajstić information content (AvgIpc) is 2.85. The summed E-state index contributed by atoms with van der Waals surface area (Å²) < 4.78 is 0. The predicted molar refractivity (Wildman–Crippen MR) is 82.6 cm³/mol. The summed E-state index contributed by atoms with van der Waals surface area (Å²) in [5.74, 6) is -1.25. The fraction of sp³-hybridized carbons (Fsp3) is 0.467. The van der Waals surface area contributed by atoms with Crippen LogP contribution in [-0.4, -0.2) is 41.5 Å². The summed E-state index contributed by atoms with van der Waals surface area (Å²) >= 11 is 0. The van der Waals surface area contributed by atoms with Gasteiger partial charge in [0, 0.05) is 6.04 Å². The van der Waals surface area contributed by atoms with Crippen LogP contribution < -0.4 is 5.32 Å². The van der Waals surface area contributed by atoms with Crippen molar-refractivity contribution in [2.45, 2.75) is 25.8 Å². The second-order valence-electron chi connectivity index (χ2n) is 5.21. The van der Waals surface area contributed by atoms with E-state index in [9.17, 15) is 9.59 Å². The van der Waals surface area contributed by atoms with Crippen molar-refractivity contribution in [3.8, 4) is 0 Å². The highest BCUT2D eigenvalue weighted by Crippen LogP contribution is 2.31. The molecule has 1 fully saturated rings. The van der Waals surface area contributed by atoms with Gasteiger partial charge >= 0.3 is 5.97 Å². The van der Waals surface area contributed by atoms with Crippen LogP contribution in [0.1, 0.15) is 30.0 Å². The van der Waals surface area contributed by atoms with Gasteiger partial charge in [0.1, 0.15) is 6.54 Å². The summed E-state index contributed by atoms with van der Waals surface area (Å²) in [6.07, 6.45) is 2.10. The molecule has 1 unspecified atom stereocenters. The SMILES string of the molecule is Cc1ccc(C2CCCN2CC(=O)NCC(=O)O)cc1.Cl. The van der Waals surface area contributed by atoms with Crippen molar-refractivity contribution in [1.29, 1.82) is 0 Å². The molecule has 1 saturated heterocycles. The zero-order valence-corrected chi connectivity index (χ0v) is 12.9. The van der Waals surface area contributed by atoms with Crippen LogP contribution in [0.4, 0.5) is 0 Å². The van der Waals surface area contributed by atoms with Crippen LogP contribution in [0, 0.1) is 6.92 Å². The Labute approximate surface area is 130 Å². The van der Waals surface area contributed by atoms with E-state index in [1.54, 1.807) is 0 Å². The lowest BCUT2D eigenvalue weighted by Gasteiger charge is -2.24. The Morgan fingerprint density at radius 3 is 2.62 bits per heavy atom. The number of amides is 1. The quantitative estimate of drug-likeness (QED) is 0.869. The van der Waals surface area contributed by atoms with E-state index in [0.29, 0.717) is 0 Å². The van der Waals surface area contributed by atoms with Crippen LogP contribution >= 0.6 is 12.4 Å². The normalized spacial score (nSPS) is 18.0. The average molecular weight is 313 g/mol. The molecular formula is C15H21ClN2O3. The number of rotatable bonds is 5. The van der Waals surface area contributed by atoms with Gasteiger partial charge in [-0.2, -0.15) is 0 Å². The van der Waals surface area contributed by atoms with E-state index in [1.165, 1.54) is 11.1 Å². The van der Waals surface area contributed by atoms with Crippen molar-refractivity contribution in [2.75, 3.05) is 19.6 Å². The molecule has 1 aliphatic rings. The number of nitrogens with one attached hydrogen (secondary N) is 1. The Kier molecular flexibility index (Phi) is 6.65. The first-order chi connectivity index (χ1) is 9.56. The fourth-order valence-corrected chi connectivity index (χ4v) is 2.60. The topological polar surface area (TPSA) is 69.6 Å². The van der Waals surface area contributed by atoms with E-state index in [4.69, 9.17) is 5.11 Å². The zero-order chi connectivity index (χ0) is 14.5. The van der Waals surface area contributed by atoms with Gasteiger partial charge in [-0.25, -0.2) is 0 Å². The number of benzene rings is 1. The number of carbonyl (C=O) groups excluding carboxylic acids is 1. The Morgan fingerprint density at radius 1 is 1.33 bits per heavy atom. The minimum Gasteiger partial charge on any atom is -0.480 e. The lowest BCUT2D eigenvalue weighted by Crippen LogP contribution is -2.39. The first-order valence-corrected chi connectivity index (χ1v) is 6.85. The first-order valence-electron chi connectivity index (χ1n) is 6.85. The van der Waals surface area contributed by atoms with Crippen molar-refractivity contribution in [1.82, 2.24) is 10.2 Å². The number of hydrogen-bond donors (Lipinski definition) is 2. The summed E-state index contributed by atoms with van der Waals surface area (Å²) in [5, 5.41) is 11.0. The van der Waals surface area contributed by atoms with E-state index in [-0.39, 0.29) is 37.4 Å². The molecule has 1 aliphatic heterocycles. The minimum atomic E-state index is -1.02. The second kappa shape index (κ2) is 8.00. The van der Waals surface area contributed by atoms with E-state index in [2.05, 4.69) is 41.4 Å². The number of carbonyl (C=O) groups is 2. The molecule has 5 nitrogen and oxygen atoms in total. The lowest BCUT2D eigenvalue weighted by molar-refractivity contribution is -0.138. The largest absolute Gasteiger partial charge is 0.480 e.